The summed E-state index contributed by atoms with van der Waals surface area (Å²) in [7, 11) is 0. The van der Waals surface area contributed by atoms with Crippen molar-refractivity contribution in [1.82, 2.24) is 0 Å². The summed E-state index contributed by atoms with van der Waals surface area (Å²) in [6, 6.07) is 12.0. The van der Waals surface area contributed by atoms with Crippen molar-refractivity contribution in [2.24, 2.45) is 0 Å². The van der Waals surface area contributed by atoms with Crippen molar-refractivity contribution in [2.75, 3.05) is 6.61 Å². The van der Waals surface area contributed by atoms with Crippen LogP contribution in [0.25, 0.3) is 0 Å². The fraction of sp³-hybridized carbons (Fsp3) is 0.200. The third-order valence-electron chi connectivity index (χ3n) is 3.01. The molecule has 0 amide bonds. The number of ether oxygens (including phenoxy) is 1. The first kappa shape index (κ1) is 15.5. The molecule has 0 fully saturated rings. The van der Waals surface area contributed by atoms with Crippen LogP contribution in [0, 0.1) is 10.1 Å². The van der Waals surface area contributed by atoms with Crippen LogP contribution in [0.1, 0.15) is 11.1 Å². The summed E-state index contributed by atoms with van der Waals surface area (Å²) in [6.45, 7) is 0.180. The molecule has 0 aliphatic carbocycles. The number of aliphatic hydroxyl groups excluding tert-OH is 1. The van der Waals surface area contributed by atoms with Gasteiger partial charge in [0.2, 0.25) is 0 Å². The van der Waals surface area contributed by atoms with E-state index in [0.717, 1.165) is 4.47 Å². The first-order chi connectivity index (χ1) is 10.1. The average Bonchev–Trinajstić information content (AvgIpc) is 2.49. The van der Waals surface area contributed by atoms with Gasteiger partial charge in [-0.15, -0.1) is 0 Å². The molecule has 21 heavy (non-hydrogen) atoms. The molecule has 0 unspecified atom stereocenters. The minimum Gasteiger partial charge on any atom is -0.493 e. The average molecular weight is 352 g/mol. The maximum Gasteiger partial charge on any atom is 0.272 e. The minimum atomic E-state index is -0.395. The van der Waals surface area contributed by atoms with Gasteiger partial charge in [0.05, 0.1) is 18.1 Å². The van der Waals surface area contributed by atoms with Crippen molar-refractivity contribution in [3.05, 3.63) is 68.2 Å². The number of aliphatic hydroxyl groups is 1. The van der Waals surface area contributed by atoms with Gasteiger partial charge in [0.1, 0.15) is 5.75 Å². The van der Waals surface area contributed by atoms with E-state index in [1.165, 1.54) is 6.07 Å². The zero-order chi connectivity index (χ0) is 15.2. The smallest absolute Gasteiger partial charge is 0.272 e. The molecule has 2 aromatic carbocycles. The summed E-state index contributed by atoms with van der Waals surface area (Å²) in [5.41, 5.74) is 1.40. The SMILES string of the molecule is O=[N+]([O-])c1ccccc1CCOc1ccc(Br)cc1CO. The van der Waals surface area contributed by atoms with Gasteiger partial charge in [0.15, 0.2) is 0 Å². The lowest BCUT2D eigenvalue weighted by Gasteiger charge is -2.10. The molecule has 1 N–H and O–H groups in total. The van der Waals surface area contributed by atoms with E-state index in [1.807, 2.05) is 6.07 Å². The second-order valence-electron chi connectivity index (χ2n) is 4.39. The van der Waals surface area contributed by atoms with E-state index in [-0.39, 0.29) is 12.3 Å². The monoisotopic (exact) mass is 351 g/mol. The molecular formula is C15H14BrNO4. The van der Waals surface area contributed by atoms with Crippen molar-refractivity contribution >= 4 is 21.6 Å². The molecule has 0 aliphatic heterocycles. The van der Waals surface area contributed by atoms with Crippen LogP contribution in [-0.4, -0.2) is 16.6 Å². The first-order valence-electron chi connectivity index (χ1n) is 6.36. The summed E-state index contributed by atoms with van der Waals surface area (Å²) in [4.78, 5) is 10.5. The summed E-state index contributed by atoms with van der Waals surface area (Å²) < 4.78 is 6.48. The van der Waals surface area contributed by atoms with Gasteiger partial charge < -0.3 is 9.84 Å². The molecule has 5 nitrogen and oxygen atoms in total. The lowest BCUT2D eigenvalue weighted by Crippen LogP contribution is -2.05. The Bertz CT molecular complexity index is 645. The lowest BCUT2D eigenvalue weighted by atomic mass is 10.1. The van der Waals surface area contributed by atoms with Gasteiger partial charge in [-0.1, -0.05) is 34.1 Å². The number of hydrogen-bond donors (Lipinski definition) is 1. The molecule has 2 aromatic rings. The fourth-order valence-electron chi connectivity index (χ4n) is 1.98. The van der Waals surface area contributed by atoms with Crippen LogP contribution in [0.15, 0.2) is 46.9 Å². The Kier molecular flexibility index (Phi) is 5.30. The minimum absolute atomic E-state index is 0.0966. The highest BCUT2D eigenvalue weighted by molar-refractivity contribution is 9.10. The topological polar surface area (TPSA) is 72.6 Å². The third kappa shape index (κ3) is 4.03. The molecule has 0 aliphatic rings. The Labute approximate surface area is 130 Å². The molecule has 0 radical (unpaired) electrons. The summed E-state index contributed by atoms with van der Waals surface area (Å²) in [5, 5.41) is 20.2. The van der Waals surface area contributed by atoms with Gasteiger partial charge in [-0.2, -0.15) is 0 Å². The zero-order valence-corrected chi connectivity index (χ0v) is 12.7. The maximum atomic E-state index is 10.9. The number of benzene rings is 2. The van der Waals surface area contributed by atoms with E-state index in [4.69, 9.17) is 4.74 Å². The van der Waals surface area contributed by atoms with Crippen molar-refractivity contribution < 1.29 is 14.8 Å². The van der Waals surface area contributed by atoms with Crippen molar-refractivity contribution in [2.45, 2.75) is 13.0 Å². The molecule has 0 saturated heterocycles. The molecule has 0 atom stereocenters. The van der Waals surface area contributed by atoms with Gasteiger partial charge >= 0.3 is 0 Å². The Morgan fingerprint density at radius 3 is 2.67 bits per heavy atom. The second kappa shape index (κ2) is 7.19. The Morgan fingerprint density at radius 1 is 1.19 bits per heavy atom. The lowest BCUT2D eigenvalue weighted by molar-refractivity contribution is -0.385. The van der Waals surface area contributed by atoms with E-state index in [2.05, 4.69) is 15.9 Å². The predicted molar refractivity (Wildman–Crippen MR) is 82.4 cm³/mol. The standard InChI is InChI=1S/C15H14BrNO4/c16-13-5-6-15(12(9-13)10-18)21-8-7-11-3-1-2-4-14(11)17(19)20/h1-6,9,18H,7-8,10H2. The quantitative estimate of drug-likeness (QED) is 0.638. The molecule has 0 heterocycles. The number of para-hydroxylation sites is 1. The highest BCUT2D eigenvalue weighted by Gasteiger charge is 2.12. The zero-order valence-electron chi connectivity index (χ0n) is 11.2. The molecule has 0 spiro atoms. The van der Waals surface area contributed by atoms with Crippen LogP contribution in [0.2, 0.25) is 0 Å². The fourth-order valence-corrected chi connectivity index (χ4v) is 2.39. The van der Waals surface area contributed by atoms with E-state index < -0.39 is 4.92 Å². The number of nitro benzene ring substituents is 1. The summed E-state index contributed by atoms with van der Waals surface area (Å²) in [5.74, 6) is 0.583. The number of nitrogens with zero attached hydrogens (tertiary/aromatic N) is 1. The Hall–Kier alpha value is -1.92. The normalized spacial score (nSPS) is 10.4. The van der Waals surface area contributed by atoms with Crippen LogP contribution in [0.3, 0.4) is 0 Å². The van der Waals surface area contributed by atoms with Crippen molar-refractivity contribution in [1.29, 1.82) is 0 Å². The predicted octanol–water partition coefficient (Wildman–Crippen LogP) is 3.47. The van der Waals surface area contributed by atoms with E-state index >= 15 is 0 Å². The van der Waals surface area contributed by atoms with Crippen LogP contribution in [0.5, 0.6) is 5.75 Å². The van der Waals surface area contributed by atoms with Crippen LogP contribution < -0.4 is 4.74 Å². The molecule has 0 saturated carbocycles. The molecule has 110 valence electrons. The molecule has 6 heteroatoms. The molecular weight excluding hydrogens is 338 g/mol. The van der Waals surface area contributed by atoms with E-state index in [0.29, 0.717) is 29.9 Å². The van der Waals surface area contributed by atoms with Crippen LogP contribution >= 0.6 is 15.9 Å². The second-order valence-corrected chi connectivity index (χ2v) is 5.31. The van der Waals surface area contributed by atoms with Crippen molar-refractivity contribution in [3.8, 4) is 5.75 Å². The van der Waals surface area contributed by atoms with Gasteiger partial charge in [-0.3, -0.25) is 10.1 Å². The number of rotatable bonds is 6. The van der Waals surface area contributed by atoms with Gasteiger partial charge in [-0.25, -0.2) is 0 Å². The number of hydrogen-bond acceptors (Lipinski definition) is 4. The number of halogens is 1. The largest absolute Gasteiger partial charge is 0.493 e. The maximum absolute atomic E-state index is 10.9. The summed E-state index contributed by atoms with van der Waals surface area (Å²) in [6.07, 6.45) is 0.429. The Morgan fingerprint density at radius 2 is 1.95 bits per heavy atom. The number of nitro groups is 1. The van der Waals surface area contributed by atoms with E-state index in [9.17, 15) is 15.2 Å². The van der Waals surface area contributed by atoms with Crippen LogP contribution in [0.4, 0.5) is 5.69 Å². The van der Waals surface area contributed by atoms with Gasteiger partial charge in [0.25, 0.3) is 5.69 Å². The highest BCUT2D eigenvalue weighted by Crippen LogP contribution is 2.24. The molecule has 2 rings (SSSR count). The van der Waals surface area contributed by atoms with Gasteiger partial charge in [0, 0.05) is 28.1 Å². The summed E-state index contributed by atoms with van der Waals surface area (Å²) >= 11 is 3.33. The molecule has 0 aromatic heterocycles. The van der Waals surface area contributed by atoms with E-state index in [1.54, 1.807) is 30.3 Å². The van der Waals surface area contributed by atoms with Crippen LogP contribution in [-0.2, 0) is 13.0 Å². The molecule has 0 bridgehead atoms. The van der Waals surface area contributed by atoms with Crippen molar-refractivity contribution in [3.63, 3.8) is 0 Å². The Balaban J connectivity index is 2.04. The van der Waals surface area contributed by atoms with Gasteiger partial charge in [-0.05, 0) is 18.2 Å². The third-order valence-corrected chi connectivity index (χ3v) is 3.50. The first-order valence-corrected chi connectivity index (χ1v) is 7.15. The highest BCUT2D eigenvalue weighted by atomic mass is 79.9.